The predicted molar refractivity (Wildman–Crippen MR) is 80.6 cm³/mol. The van der Waals surface area contributed by atoms with Crippen LogP contribution in [0, 0.1) is 0 Å². The molecule has 0 bridgehead atoms. The Morgan fingerprint density at radius 1 is 1.37 bits per heavy atom. The minimum Gasteiger partial charge on any atom is -0.462 e. The quantitative estimate of drug-likeness (QED) is 0.444. The number of hydrogen-bond donors (Lipinski definition) is 0. The Labute approximate surface area is 118 Å². The summed E-state index contributed by atoms with van der Waals surface area (Å²) in [4.78, 5) is 11.5. The minimum atomic E-state index is -1.69. The van der Waals surface area contributed by atoms with Crippen LogP contribution < -0.4 is 0 Å². The van der Waals surface area contributed by atoms with Crippen LogP contribution in [-0.2, 0) is 14.0 Å². The standard InChI is InChI=1S/C15H28O3Si/c1-15(2,3)19(4,5)17-12-11-13-9-7-6-8-10-14(16)18-13/h6-7,13H,8-12H2,1-5H3/b7-6-. The second-order valence-corrected chi connectivity index (χ2v) is 11.6. The van der Waals surface area contributed by atoms with Crippen LogP contribution in [0.15, 0.2) is 12.2 Å². The summed E-state index contributed by atoms with van der Waals surface area (Å²) in [5, 5.41) is 0.227. The molecule has 0 amide bonds. The van der Waals surface area contributed by atoms with Crippen molar-refractivity contribution in [1.29, 1.82) is 0 Å². The van der Waals surface area contributed by atoms with Crippen LogP contribution in [0.3, 0.4) is 0 Å². The lowest BCUT2D eigenvalue weighted by atomic mass is 10.1. The lowest BCUT2D eigenvalue weighted by Gasteiger charge is -2.36. The monoisotopic (exact) mass is 284 g/mol. The molecule has 1 heterocycles. The highest BCUT2D eigenvalue weighted by Crippen LogP contribution is 2.36. The molecule has 3 nitrogen and oxygen atoms in total. The van der Waals surface area contributed by atoms with Crippen molar-refractivity contribution in [3.8, 4) is 0 Å². The van der Waals surface area contributed by atoms with Crippen LogP contribution in [0.25, 0.3) is 0 Å². The zero-order chi connectivity index (χ0) is 14.5. The molecule has 110 valence electrons. The van der Waals surface area contributed by atoms with Gasteiger partial charge >= 0.3 is 5.97 Å². The smallest absolute Gasteiger partial charge is 0.306 e. The molecule has 0 spiro atoms. The van der Waals surface area contributed by atoms with E-state index in [0.29, 0.717) is 13.0 Å². The normalized spacial score (nSPS) is 23.4. The summed E-state index contributed by atoms with van der Waals surface area (Å²) in [6, 6.07) is 0. The molecule has 0 saturated carbocycles. The third kappa shape index (κ3) is 5.49. The van der Waals surface area contributed by atoms with Crippen molar-refractivity contribution >= 4 is 14.3 Å². The second-order valence-electron chi connectivity index (χ2n) is 6.76. The molecule has 1 unspecified atom stereocenters. The summed E-state index contributed by atoms with van der Waals surface area (Å²) in [5.41, 5.74) is 0. The van der Waals surface area contributed by atoms with Crippen molar-refractivity contribution in [3.63, 3.8) is 0 Å². The van der Waals surface area contributed by atoms with E-state index in [-0.39, 0.29) is 17.1 Å². The molecule has 0 radical (unpaired) electrons. The summed E-state index contributed by atoms with van der Waals surface area (Å²) < 4.78 is 11.6. The summed E-state index contributed by atoms with van der Waals surface area (Å²) in [7, 11) is -1.69. The maximum Gasteiger partial charge on any atom is 0.306 e. The van der Waals surface area contributed by atoms with Gasteiger partial charge in [0.25, 0.3) is 0 Å². The number of carbonyl (C=O) groups excluding carboxylic acids is 1. The van der Waals surface area contributed by atoms with Gasteiger partial charge in [-0.25, -0.2) is 0 Å². The average Bonchev–Trinajstić information content (AvgIpc) is 2.23. The first-order chi connectivity index (χ1) is 8.72. The van der Waals surface area contributed by atoms with E-state index in [2.05, 4.69) is 46.0 Å². The Bertz CT molecular complexity index is 329. The van der Waals surface area contributed by atoms with E-state index in [1.807, 2.05) is 0 Å². The van der Waals surface area contributed by atoms with Gasteiger partial charge < -0.3 is 9.16 Å². The van der Waals surface area contributed by atoms with Gasteiger partial charge in [-0.1, -0.05) is 32.9 Å². The molecular formula is C15H28O3Si. The van der Waals surface area contributed by atoms with Crippen molar-refractivity contribution in [3.05, 3.63) is 12.2 Å². The van der Waals surface area contributed by atoms with Crippen LogP contribution in [0.5, 0.6) is 0 Å². The lowest BCUT2D eigenvalue weighted by molar-refractivity contribution is -0.149. The summed E-state index contributed by atoms with van der Waals surface area (Å²) in [6.07, 6.45) is 7.07. The molecule has 0 aromatic rings. The fourth-order valence-electron chi connectivity index (χ4n) is 1.70. The van der Waals surface area contributed by atoms with Crippen LogP contribution in [0.1, 0.15) is 46.5 Å². The predicted octanol–water partition coefficient (Wildman–Crippen LogP) is 4.05. The first kappa shape index (κ1) is 16.4. The number of carbonyl (C=O) groups is 1. The Morgan fingerprint density at radius 3 is 2.68 bits per heavy atom. The molecule has 0 saturated heterocycles. The van der Waals surface area contributed by atoms with Gasteiger partial charge in [0.15, 0.2) is 8.32 Å². The van der Waals surface area contributed by atoms with Crippen LogP contribution >= 0.6 is 0 Å². The van der Waals surface area contributed by atoms with Crippen molar-refractivity contribution in [2.45, 2.75) is 70.7 Å². The maximum atomic E-state index is 11.5. The minimum absolute atomic E-state index is 0.0196. The Morgan fingerprint density at radius 2 is 2.05 bits per heavy atom. The molecule has 0 aromatic carbocycles. The Balaban J connectivity index is 2.41. The molecule has 0 aliphatic carbocycles. The Hall–Kier alpha value is -0.613. The molecule has 1 aliphatic rings. The average molecular weight is 284 g/mol. The molecule has 1 atom stereocenters. The van der Waals surface area contributed by atoms with Gasteiger partial charge in [-0.15, -0.1) is 0 Å². The lowest BCUT2D eigenvalue weighted by Crippen LogP contribution is -2.41. The van der Waals surface area contributed by atoms with Crippen molar-refractivity contribution < 1.29 is 14.0 Å². The SMILES string of the molecule is CC(C)(C)[Si](C)(C)OCCC1C/C=C\CCC(=O)O1. The largest absolute Gasteiger partial charge is 0.462 e. The van der Waals surface area contributed by atoms with Gasteiger partial charge in [-0.3, -0.25) is 4.79 Å². The van der Waals surface area contributed by atoms with Gasteiger partial charge in [0, 0.05) is 25.9 Å². The third-order valence-corrected chi connectivity index (χ3v) is 8.63. The first-order valence-corrected chi connectivity index (χ1v) is 10.1. The molecule has 0 N–H and O–H groups in total. The number of cyclic esters (lactones) is 1. The third-order valence-electron chi connectivity index (χ3n) is 4.09. The Kier molecular flexibility index (Phi) is 5.80. The number of hydrogen-bond acceptors (Lipinski definition) is 3. The van der Waals surface area contributed by atoms with Crippen molar-refractivity contribution in [2.24, 2.45) is 0 Å². The molecule has 1 rings (SSSR count). The van der Waals surface area contributed by atoms with Crippen molar-refractivity contribution in [1.82, 2.24) is 0 Å². The van der Waals surface area contributed by atoms with Gasteiger partial charge in [0.05, 0.1) is 0 Å². The van der Waals surface area contributed by atoms with E-state index in [9.17, 15) is 4.79 Å². The zero-order valence-electron chi connectivity index (χ0n) is 13.0. The molecule has 4 heteroatoms. The topological polar surface area (TPSA) is 35.5 Å². The number of allylic oxidation sites excluding steroid dienone is 1. The highest BCUT2D eigenvalue weighted by atomic mass is 28.4. The summed E-state index contributed by atoms with van der Waals surface area (Å²) >= 11 is 0. The van der Waals surface area contributed by atoms with E-state index in [1.54, 1.807) is 0 Å². The fourth-order valence-corrected chi connectivity index (χ4v) is 2.76. The summed E-state index contributed by atoms with van der Waals surface area (Å²) in [5.74, 6) is -0.0818. The summed E-state index contributed by atoms with van der Waals surface area (Å²) in [6.45, 7) is 11.9. The number of rotatable bonds is 4. The molecule has 19 heavy (non-hydrogen) atoms. The number of esters is 1. The number of ether oxygens (including phenoxy) is 1. The second kappa shape index (κ2) is 6.71. The van der Waals surface area contributed by atoms with Crippen molar-refractivity contribution in [2.75, 3.05) is 6.61 Å². The van der Waals surface area contributed by atoms with Gasteiger partial charge in [-0.05, 0) is 24.6 Å². The zero-order valence-corrected chi connectivity index (χ0v) is 14.0. The molecule has 0 fully saturated rings. The highest BCUT2D eigenvalue weighted by molar-refractivity contribution is 6.74. The van der Waals surface area contributed by atoms with E-state index in [4.69, 9.17) is 9.16 Å². The van der Waals surface area contributed by atoms with E-state index < -0.39 is 8.32 Å². The van der Waals surface area contributed by atoms with Gasteiger partial charge in [-0.2, -0.15) is 0 Å². The van der Waals surface area contributed by atoms with Gasteiger partial charge in [0.2, 0.25) is 0 Å². The maximum absolute atomic E-state index is 11.5. The van der Waals surface area contributed by atoms with E-state index in [0.717, 1.165) is 19.3 Å². The van der Waals surface area contributed by atoms with Crippen LogP contribution in [0.2, 0.25) is 18.1 Å². The van der Waals surface area contributed by atoms with Crippen LogP contribution in [0.4, 0.5) is 0 Å². The highest BCUT2D eigenvalue weighted by Gasteiger charge is 2.37. The van der Waals surface area contributed by atoms with E-state index >= 15 is 0 Å². The molecular weight excluding hydrogens is 256 g/mol. The van der Waals surface area contributed by atoms with Crippen LogP contribution in [-0.4, -0.2) is 27.0 Å². The fraction of sp³-hybridized carbons (Fsp3) is 0.800. The van der Waals surface area contributed by atoms with E-state index in [1.165, 1.54) is 0 Å². The van der Waals surface area contributed by atoms with Gasteiger partial charge in [0.1, 0.15) is 6.10 Å². The molecule has 1 aliphatic heterocycles. The molecule has 0 aromatic heterocycles. The first-order valence-electron chi connectivity index (χ1n) is 7.21.